The minimum absolute atomic E-state index is 0.161. The van der Waals surface area contributed by atoms with Gasteiger partial charge in [0.1, 0.15) is 0 Å². The van der Waals surface area contributed by atoms with Crippen molar-refractivity contribution in [3.63, 3.8) is 0 Å². The van der Waals surface area contributed by atoms with Crippen LogP contribution in [-0.4, -0.2) is 45.3 Å². The molecule has 10 heteroatoms. The molecule has 0 aliphatic carbocycles. The van der Waals surface area contributed by atoms with Crippen LogP contribution >= 0.6 is 0 Å². The number of ether oxygens (including phenoxy) is 7. The number of benzene rings is 2. The van der Waals surface area contributed by atoms with Crippen LogP contribution in [0.25, 0.3) is 0 Å². The van der Waals surface area contributed by atoms with Gasteiger partial charge in [-0.15, -0.1) is 0 Å². The van der Waals surface area contributed by atoms with Crippen LogP contribution in [0.3, 0.4) is 0 Å². The van der Waals surface area contributed by atoms with Gasteiger partial charge in [0.25, 0.3) is 0 Å². The zero-order valence-corrected chi connectivity index (χ0v) is 22.4. The lowest BCUT2D eigenvalue weighted by Crippen LogP contribution is -2.22. The largest absolute Gasteiger partial charge is 0.493 e. The molecule has 10 nitrogen and oxygen atoms in total. The maximum atomic E-state index is 12.2. The van der Waals surface area contributed by atoms with Gasteiger partial charge in [0.05, 0.1) is 27.4 Å². The summed E-state index contributed by atoms with van der Waals surface area (Å²) in [6.45, 7) is 4.64. The lowest BCUT2D eigenvalue weighted by Gasteiger charge is -2.28. The highest BCUT2D eigenvalue weighted by Gasteiger charge is 2.33. The fourth-order valence-electron chi connectivity index (χ4n) is 4.14. The van der Waals surface area contributed by atoms with Gasteiger partial charge in [-0.2, -0.15) is 0 Å². The summed E-state index contributed by atoms with van der Waals surface area (Å²) in [5.74, 6) is -0.0853. The second kappa shape index (κ2) is 13.6. The average Bonchev–Trinajstić information content (AvgIpc) is 2.87. The first-order valence-corrected chi connectivity index (χ1v) is 12.4. The van der Waals surface area contributed by atoms with E-state index in [-0.39, 0.29) is 5.75 Å². The topological polar surface area (TPSA) is 116 Å². The van der Waals surface area contributed by atoms with E-state index in [2.05, 4.69) is 0 Å². The van der Waals surface area contributed by atoms with Crippen molar-refractivity contribution in [1.29, 1.82) is 0 Å². The molecule has 4 bridgehead atoms. The highest BCUT2D eigenvalue weighted by molar-refractivity contribution is 5.71. The van der Waals surface area contributed by atoms with E-state index in [4.69, 9.17) is 33.2 Å². The van der Waals surface area contributed by atoms with E-state index in [0.717, 1.165) is 25.7 Å². The highest BCUT2D eigenvalue weighted by Crippen LogP contribution is 2.45. The summed E-state index contributed by atoms with van der Waals surface area (Å²) in [5, 5.41) is 0. The standard InChI is InChI=1S/C28H34O10/c1-17(29)36-23-14-20-10-11-22(23)34-12-8-6-7-9-13-35-28-24(32-4)15-21(16-25(28)33-5)27(38-19(3)31)26(20)37-18(2)30/h10-11,14-16,26-27H,6-9,12-13H2,1-5H3/t26-,27-/m0/s1. The normalized spacial score (nSPS) is 17.7. The van der Waals surface area contributed by atoms with Crippen LogP contribution in [0.4, 0.5) is 0 Å². The van der Waals surface area contributed by atoms with Gasteiger partial charge in [-0.1, -0.05) is 6.07 Å². The molecule has 0 radical (unpaired) electrons. The Balaban J connectivity index is 2.23. The summed E-state index contributed by atoms with van der Waals surface area (Å²) in [6, 6.07) is 8.14. The molecule has 0 spiro atoms. The molecule has 4 heterocycles. The van der Waals surface area contributed by atoms with Crippen molar-refractivity contribution in [2.24, 2.45) is 0 Å². The van der Waals surface area contributed by atoms with Gasteiger partial charge in [0, 0.05) is 31.9 Å². The van der Waals surface area contributed by atoms with Crippen molar-refractivity contribution < 1.29 is 47.5 Å². The van der Waals surface area contributed by atoms with Crippen LogP contribution in [0.2, 0.25) is 0 Å². The summed E-state index contributed by atoms with van der Waals surface area (Å²) in [7, 11) is 2.98. The van der Waals surface area contributed by atoms with Crippen LogP contribution < -0.4 is 23.7 Å². The maximum absolute atomic E-state index is 12.2. The third kappa shape index (κ3) is 7.53. The van der Waals surface area contributed by atoms with E-state index in [1.165, 1.54) is 41.1 Å². The zero-order valence-electron chi connectivity index (χ0n) is 22.4. The molecule has 2 aromatic rings. The molecule has 206 valence electrons. The van der Waals surface area contributed by atoms with E-state index in [9.17, 15) is 14.4 Å². The Morgan fingerprint density at radius 2 is 1.21 bits per heavy atom. The van der Waals surface area contributed by atoms with Crippen LogP contribution in [0.1, 0.15) is 69.8 Å². The Kier molecular flexibility index (Phi) is 10.2. The minimum Gasteiger partial charge on any atom is -0.493 e. The van der Waals surface area contributed by atoms with Crippen molar-refractivity contribution in [2.45, 2.75) is 58.7 Å². The fraction of sp³-hybridized carbons (Fsp3) is 0.464. The molecule has 4 aliphatic heterocycles. The van der Waals surface area contributed by atoms with Crippen molar-refractivity contribution in [3.8, 4) is 28.7 Å². The van der Waals surface area contributed by atoms with E-state index < -0.39 is 30.1 Å². The highest BCUT2D eigenvalue weighted by atomic mass is 16.6. The molecule has 0 unspecified atom stereocenters. The molecule has 4 aliphatic rings. The number of hydrogen-bond donors (Lipinski definition) is 0. The van der Waals surface area contributed by atoms with Gasteiger partial charge in [-0.3, -0.25) is 14.4 Å². The minimum atomic E-state index is -1.11. The SMILES string of the molecule is COc1cc2cc(OC)c1OCCCCCCOc1ccc(cc1OC(C)=O)[C@H](OC(C)=O)[C@H]2OC(C)=O. The van der Waals surface area contributed by atoms with Gasteiger partial charge in [-0.25, -0.2) is 0 Å². The number of carbonyl (C=O) groups is 3. The molecule has 0 saturated heterocycles. The summed E-state index contributed by atoms with van der Waals surface area (Å²) < 4.78 is 39.9. The molecule has 0 N–H and O–H groups in total. The molecular formula is C28H34O10. The maximum Gasteiger partial charge on any atom is 0.308 e. The van der Waals surface area contributed by atoms with E-state index in [1.807, 2.05) is 0 Å². The van der Waals surface area contributed by atoms with Gasteiger partial charge in [0.15, 0.2) is 35.2 Å². The smallest absolute Gasteiger partial charge is 0.308 e. The summed E-state index contributed by atoms with van der Waals surface area (Å²) in [6.07, 6.45) is 1.19. The number of esters is 3. The average molecular weight is 531 g/mol. The quantitative estimate of drug-likeness (QED) is 0.392. The van der Waals surface area contributed by atoms with E-state index in [1.54, 1.807) is 24.3 Å². The number of rotatable bonds is 5. The Morgan fingerprint density at radius 3 is 1.74 bits per heavy atom. The number of hydrogen-bond acceptors (Lipinski definition) is 10. The summed E-state index contributed by atoms with van der Waals surface area (Å²) in [4.78, 5) is 36.3. The lowest BCUT2D eigenvalue weighted by molar-refractivity contribution is -0.166. The van der Waals surface area contributed by atoms with Gasteiger partial charge >= 0.3 is 17.9 Å². The molecule has 0 aromatic heterocycles. The monoisotopic (exact) mass is 530 g/mol. The van der Waals surface area contributed by atoms with Gasteiger partial charge < -0.3 is 33.2 Å². The van der Waals surface area contributed by atoms with Gasteiger partial charge in [0.2, 0.25) is 5.75 Å². The number of carbonyl (C=O) groups excluding carboxylic acids is 3. The Morgan fingerprint density at radius 1 is 0.684 bits per heavy atom. The molecule has 6 rings (SSSR count). The Bertz CT molecular complexity index is 1120. The van der Waals surface area contributed by atoms with Crippen molar-refractivity contribution in [3.05, 3.63) is 41.5 Å². The molecule has 2 atom stereocenters. The molecule has 38 heavy (non-hydrogen) atoms. The molecule has 0 amide bonds. The second-order valence-corrected chi connectivity index (χ2v) is 8.73. The molecule has 0 fully saturated rings. The van der Waals surface area contributed by atoms with Crippen LogP contribution in [-0.2, 0) is 23.9 Å². The molecule has 0 saturated carbocycles. The predicted octanol–water partition coefficient (Wildman–Crippen LogP) is 4.87. The van der Waals surface area contributed by atoms with E-state index >= 15 is 0 Å². The Hall–Kier alpha value is -3.95. The fourth-order valence-corrected chi connectivity index (χ4v) is 4.14. The van der Waals surface area contributed by atoms with Crippen LogP contribution in [0.5, 0.6) is 28.7 Å². The van der Waals surface area contributed by atoms with Gasteiger partial charge in [-0.05, 0) is 49.9 Å². The van der Waals surface area contributed by atoms with E-state index in [0.29, 0.717) is 47.3 Å². The first-order chi connectivity index (χ1) is 18.2. The zero-order chi connectivity index (χ0) is 27.7. The first kappa shape index (κ1) is 28.6. The molecular weight excluding hydrogens is 496 g/mol. The predicted molar refractivity (Wildman–Crippen MR) is 136 cm³/mol. The first-order valence-electron chi connectivity index (χ1n) is 12.4. The summed E-state index contributed by atoms with van der Waals surface area (Å²) >= 11 is 0. The lowest BCUT2D eigenvalue weighted by atomic mass is 9.96. The number of methoxy groups -OCH3 is 2. The van der Waals surface area contributed by atoms with Crippen LogP contribution in [0, 0.1) is 0 Å². The van der Waals surface area contributed by atoms with Crippen molar-refractivity contribution in [1.82, 2.24) is 0 Å². The third-order valence-electron chi connectivity index (χ3n) is 5.76. The van der Waals surface area contributed by atoms with Crippen LogP contribution in [0.15, 0.2) is 30.3 Å². The van der Waals surface area contributed by atoms with Crippen molar-refractivity contribution in [2.75, 3.05) is 27.4 Å². The molecule has 2 aromatic carbocycles. The summed E-state index contributed by atoms with van der Waals surface area (Å²) in [5.41, 5.74) is 0.845. The second-order valence-electron chi connectivity index (χ2n) is 8.73. The third-order valence-corrected chi connectivity index (χ3v) is 5.76. The van der Waals surface area contributed by atoms with Crippen molar-refractivity contribution >= 4 is 17.9 Å². The Labute approximate surface area is 222 Å².